The maximum absolute atomic E-state index is 6.04. The number of hydrogen-bond acceptors (Lipinski definition) is 11. The molecule has 24 aromatic rings. The van der Waals surface area contributed by atoms with Crippen molar-refractivity contribution in [1.29, 1.82) is 0 Å². The lowest BCUT2D eigenvalue weighted by Gasteiger charge is -2.19. The molecule has 0 radical (unpaired) electrons. The summed E-state index contributed by atoms with van der Waals surface area (Å²) < 4.78 is 42.8. The normalized spacial score (nSPS) is 13.0. The first-order valence-electron chi connectivity index (χ1n) is 43.4. The number of rotatable bonds is 4. The first kappa shape index (κ1) is 75.6. The van der Waals surface area contributed by atoms with Crippen molar-refractivity contribution in [1.82, 2.24) is 42.8 Å². The molecular weight excluding hydrogens is 1630 g/mol. The van der Waals surface area contributed by atoms with Gasteiger partial charge in [0.1, 0.15) is 26.4 Å². The molecule has 4 aliphatic heterocycles. The van der Waals surface area contributed by atoms with Crippen LogP contribution in [-0.4, -0.2) is 42.8 Å². The van der Waals surface area contributed by atoms with Gasteiger partial charge in [-0.2, -0.15) is 19.9 Å². The minimum absolute atomic E-state index is 0.0766. The van der Waals surface area contributed by atoms with Crippen LogP contribution in [-0.2, 0) is 37.3 Å². The van der Waals surface area contributed by atoms with E-state index in [9.17, 15) is 0 Å². The third kappa shape index (κ3) is 12.4. The molecular formula is C112H81N9O4S3. The molecule has 0 saturated heterocycles. The fourth-order valence-corrected chi connectivity index (χ4v) is 22.7. The standard InChI is InChI=1S/C34H33N3O.3C26H16N2OS/c1-33(2,3)22-11-15-29-25(17-22)26-18-23(34(4,5)6)12-16-30(26)36(29)24-13-14-27-31(19-24)37-28-10-8-7-9-21(28)20-38-32(37)35-27;1-3-10-22-17(6-1)15-29-26-27-21-13-12-16(14-23(21)28(22)26)18-8-5-9-20-19-7-2-4-11-24(19)30-25(18)20;1-3-9-21-17(6-1)15-29-26-27-20-13-12-16(14-22(20)28(21)26)18-8-5-11-24-25(18)19-7-2-4-10-23(19)30-24;1-3-7-22-18(5-1)15-29-26-27-21-11-9-17(14-23(21)28(22)26)16-10-12-25-20(13-16)19-6-2-4-8-24(19)30-25/h7-19H,20H2,1-6H3;3*1-14H,15H2. The van der Waals surface area contributed by atoms with Gasteiger partial charge in [-0.1, -0.05) is 236 Å². The molecule has 0 fully saturated rings. The Morgan fingerprint density at radius 2 is 0.609 bits per heavy atom. The molecule has 4 aliphatic rings. The van der Waals surface area contributed by atoms with Crippen LogP contribution in [0.2, 0.25) is 0 Å². The van der Waals surface area contributed by atoms with E-state index >= 15 is 0 Å². The van der Waals surface area contributed by atoms with E-state index in [4.69, 9.17) is 38.9 Å². The lowest BCUT2D eigenvalue weighted by molar-refractivity contribution is 0.265. The van der Waals surface area contributed by atoms with Gasteiger partial charge >= 0.3 is 24.0 Å². The van der Waals surface area contributed by atoms with Crippen molar-refractivity contribution in [3.05, 3.63) is 367 Å². The Labute approximate surface area is 748 Å². The maximum Gasteiger partial charge on any atom is 0.302 e. The predicted octanol–water partition coefficient (Wildman–Crippen LogP) is 29.5. The zero-order valence-electron chi connectivity index (χ0n) is 71.0. The minimum Gasteiger partial charge on any atom is -0.459 e. The van der Waals surface area contributed by atoms with E-state index in [2.05, 4.69) is 398 Å². The number of hydrogen-bond donors (Lipinski definition) is 0. The molecule has 0 spiro atoms. The number of para-hydroxylation sites is 4. The van der Waals surface area contributed by atoms with Crippen LogP contribution in [0.3, 0.4) is 0 Å². The topological polar surface area (TPSA) is 113 Å². The second-order valence-electron chi connectivity index (χ2n) is 35.5. The third-order valence-electron chi connectivity index (χ3n) is 25.7. The molecule has 16 heteroatoms. The van der Waals surface area contributed by atoms with Crippen molar-refractivity contribution in [2.75, 3.05) is 0 Å². The smallest absolute Gasteiger partial charge is 0.302 e. The fraction of sp³-hybridized carbons (Fsp3) is 0.107. The van der Waals surface area contributed by atoms with E-state index < -0.39 is 0 Å². The summed E-state index contributed by atoms with van der Waals surface area (Å²) >= 11 is 5.56. The van der Waals surface area contributed by atoms with Crippen LogP contribution in [0.25, 0.3) is 188 Å². The van der Waals surface area contributed by atoms with Gasteiger partial charge in [-0.3, -0.25) is 18.3 Å². The average Bonchev–Trinajstić information content (AvgIpc) is 1.57. The zero-order valence-corrected chi connectivity index (χ0v) is 73.4. The predicted molar refractivity (Wildman–Crippen MR) is 528 cm³/mol. The quantitative estimate of drug-likeness (QED) is 0.171. The summed E-state index contributed by atoms with van der Waals surface area (Å²) in [5.41, 5.74) is 31.1. The molecule has 8 aromatic heterocycles. The highest BCUT2D eigenvalue weighted by Gasteiger charge is 2.30. The molecule has 0 saturated carbocycles. The summed E-state index contributed by atoms with van der Waals surface area (Å²) in [5.74, 6) is 0. The maximum atomic E-state index is 6.04. The van der Waals surface area contributed by atoms with Gasteiger partial charge in [0, 0.05) is 99.2 Å². The van der Waals surface area contributed by atoms with Crippen molar-refractivity contribution in [3.8, 4) is 85.9 Å². The summed E-state index contributed by atoms with van der Waals surface area (Å²) in [5, 5.41) is 10.5. The molecule has 16 aromatic carbocycles. The summed E-state index contributed by atoms with van der Waals surface area (Å²) in [7, 11) is 0. The highest BCUT2D eigenvalue weighted by Crippen LogP contribution is 2.48. The van der Waals surface area contributed by atoms with Crippen LogP contribution in [0.4, 0.5) is 0 Å². The molecule has 0 N–H and O–H groups in total. The molecule has 0 bridgehead atoms. The van der Waals surface area contributed by atoms with Gasteiger partial charge in [-0.25, -0.2) is 0 Å². The SMILES string of the molecule is CC(C)(C)c1ccc2c(c1)c1cc(C(C)(C)C)ccc1n2-c1ccc2nc3n(c2c1)-c1ccccc1CO3.c1ccc2c(c1)COc1nc3ccc(-c4ccc5sc6ccccc6c5c4)cc3n1-2.c1ccc2c(c1)COc1nc3ccc(-c4cccc5c4sc4ccccc45)cc3n1-2.c1ccc2c(c1)COc1nc3ccc(-c4cccc5sc6ccccc6c45)cc3n1-2. The van der Waals surface area contributed by atoms with Crippen molar-refractivity contribution in [2.45, 2.75) is 78.8 Å². The Kier molecular flexibility index (Phi) is 17.3. The van der Waals surface area contributed by atoms with Crippen LogP contribution >= 0.6 is 34.0 Å². The number of imidazole rings is 4. The van der Waals surface area contributed by atoms with E-state index in [1.54, 1.807) is 0 Å². The highest BCUT2D eigenvalue weighted by molar-refractivity contribution is 7.27. The van der Waals surface area contributed by atoms with Gasteiger partial charge in [0.15, 0.2) is 0 Å². The molecule has 28 rings (SSSR count). The van der Waals surface area contributed by atoms with Crippen LogP contribution in [0.15, 0.2) is 334 Å². The van der Waals surface area contributed by atoms with Crippen molar-refractivity contribution in [2.24, 2.45) is 0 Å². The van der Waals surface area contributed by atoms with Crippen molar-refractivity contribution in [3.63, 3.8) is 0 Å². The third-order valence-corrected chi connectivity index (χ3v) is 29.2. The Morgan fingerprint density at radius 3 is 1.12 bits per heavy atom. The summed E-state index contributed by atoms with van der Waals surface area (Å²) in [6, 6.07) is 122. The summed E-state index contributed by atoms with van der Waals surface area (Å²) in [4.78, 5) is 19.0. The lowest BCUT2D eigenvalue weighted by atomic mass is 9.85. The zero-order chi connectivity index (χ0) is 85.4. The fourth-order valence-electron chi connectivity index (χ4n) is 19.3. The number of nitrogens with zero attached hydrogens (tertiary/aromatic N) is 9. The van der Waals surface area contributed by atoms with E-state index in [1.165, 1.54) is 149 Å². The Morgan fingerprint density at radius 1 is 0.250 bits per heavy atom. The molecule has 0 unspecified atom stereocenters. The molecule has 0 atom stereocenters. The van der Waals surface area contributed by atoms with E-state index in [0.29, 0.717) is 50.5 Å². The van der Waals surface area contributed by atoms with Crippen LogP contribution < -0.4 is 18.9 Å². The molecule has 13 nitrogen and oxygen atoms in total. The van der Waals surface area contributed by atoms with Crippen molar-refractivity contribution >= 4 is 160 Å². The lowest BCUT2D eigenvalue weighted by Crippen LogP contribution is -2.12. The van der Waals surface area contributed by atoms with Crippen LogP contribution in [0, 0.1) is 0 Å². The van der Waals surface area contributed by atoms with Crippen LogP contribution in [0.1, 0.15) is 74.9 Å². The number of thiophene rings is 3. The Balaban J connectivity index is 0.0000000930. The van der Waals surface area contributed by atoms with Gasteiger partial charge in [0.05, 0.1) is 77.9 Å². The number of ether oxygens (including phenoxy) is 4. The molecule has 616 valence electrons. The number of fused-ring (bicyclic) bond motifs is 32. The molecule has 12 heterocycles. The van der Waals surface area contributed by atoms with Gasteiger partial charge in [0.25, 0.3) is 0 Å². The van der Waals surface area contributed by atoms with Crippen LogP contribution in [0.5, 0.6) is 24.0 Å². The summed E-state index contributed by atoms with van der Waals surface area (Å²) in [6.07, 6.45) is 0. The van der Waals surface area contributed by atoms with Gasteiger partial charge in [-0.05, 0) is 195 Å². The van der Waals surface area contributed by atoms with E-state index in [-0.39, 0.29) is 10.8 Å². The Hall–Kier alpha value is -14.9. The first-order chi connectivity index (χ1) is 62.7. The van der Waals surface area contributed by atoms with E-state index in [0.717, 1.165) is 72.6 Å². The Bertz CT molecular complexity index is 8640. The van der Waals surface area contributed by atoms with E-state index in [1.807, 2.05) is 34.0 Å². The summed E-state index contributed by atoms with van der Waals surface area (Å²) in [6.45, 7) is 15.9. The van der Waals surface area contributed by atoms with Gasteiger partial charge in [0.2, 0.25) is 0 Å². The molecule has 0 aliphatic carbocycles. The second kappa shape index (κ2) is 29.3. The average molecular weight is 1710 g/mol. The van der Waals surface area contributed by atoms with Gasteiger partial charge < -0.3 is 23.5 Å². The highest BCUT2D eigenvalue weighted by atomic mass is 32.1. The molecule has 0 amide bonds. The number of benzene rings is 16. The van der Waals surface area contributed by atoms with Crippen molar-refractivity contribution < 1.29 is 18.9 Å². The number of aromatic nitrogens is 9. The largest absolute Gasteiger partial charge is 0.459 e. The molecule has 128 heavy (non-hydrogen) atoms. The second-order valence-corrected chi connectivity index (χ2v) is 38.8. The minimum atomic E-state index is 0.0766. The monoisotopic (exact) mass is 1710 g/mol. The first-order valence-corrected chi connectivity index (χ1v) is 45.9. The van der Waals surface area contributed by atoms with Gasteiger partial charge in [-0.15, -0.1) is 34.0 Å².